The Morgan fingerprint density at radius 1 is 1.35 bits per heavy atom. The van der Waals surface area contributed by atoms with Crippen LogP contribution in [0, 0.1) is 0 Å². The third-order valence-electron chi connectivity index (χ3n) is 1.67. The van der Waals surface area contributed by atoms with E-state index in [1.54, 1.807) is 0 Å². The Morgan fingerprint density at radius 2 is 1.94 bits per heavy atom. The van der Waals surface area contributed by atoms with Crippen LogP contribution in [0.2, 0.25) is 5.15 Å². The lowest BCUT2D eigenvalue weighted by Gasteiger charge is -2.12. The van der Waals surface area contributed by atoms with E-state index in [0.29, 0.717) is 6.07 Å². The highest BCUT2D eigenvalue weighted by atomic mass is 35.5. The first-order valence-corrected chi connectivity index (χ1v) is 4.95. The van der Waals surface area contributed by atoms with E-state index in [-0.39, 0.29) is 5.56 Å². The molecular weight excluding hydrogens is 292 g/mol. The van der Waals surface area contributed by atoms with Gasteiger partial charge in [0, 0.05) is 17.2 Å². The molecule has 0 spiro atoms. The lowest BCUT2D eigenvalue weighted by Crippen LogP contribution is -2.18. The van der Waals surface area contributed by atoms with E-state index in [1.807, 2.05) is 0 Å². The molecule has 17 heavy (non-hydrogen) atoms. The molecule has 1 heterocycles. The molecule has 96 valence electrons. The molecule has 9 heteroatoms. The average Bonchev–Trinajstić information content (AvgIpc) is 2.13. The van der Waals surface area contributed by atoms with E-state index >= 15 is 0 Å². The highest BCUT2D eigenvalue weighted by Crippen LogP contribution is 2.33. The number of ether oxygens (including phenoxy) is 1. The van der Waals surface area contributed by atoms with Crippen LogP contribution >= 0.6 is 23.2 Å². The fourth-order valence-electron chi connectivity index (χ4n) is 1.03. The minimum atomic E-state index is -5.03. The van der Waals surface area contributed by atoms with E-state index in [0.717, 1.165) is 0 Å². The van der Waals surface area contributed by atoms with Crippen molar-refractivity contribution in [3.63, 3.8) is 0 Å². The van der Waals surface area contributed by atoms with Gasteiger partial charge >= 0.3 is 6.36 Å². The third-order valence-corrected chi connectivity index (χ3v) is 2.25. The number of aromatic nitrogens is 1. The molecule has 0 fully saturated rings. The first-order chi connectivity index (χ1) is 7.74. The summed E-state index contributed by atoms with van der Waals surface area (Å²) in [5.74, 6) is -1.44. The zero-order valence-electron chi connectivity index (χ0n) is 7.86. The Kier molecular flexibility index (Phi) is 4.37. The van der Waals surface area contributed by atoms with Gasteiger partial charge in [0.1, 0.15) is 5.15 Å². The lowest BCUT2D eigenvalue weighted by atomic mass is 10.1. The first kappa shape index (κ1) is 14.2. The molecule has 0 aliphatic carbocycles. The molecule has 0 aliphatic rings. The molecule has 1 rings (SSSR count). The Balaban J connectivity index is 3.20. The highest BCUT2D eigenvalue weighted by molar-refractivity contribution is 6.31. The maximum Gasteiger partial charge on any atom is 0.574 e. The van der Waals surface area contributed by atoms with E-state index in [9.17, 15) is 22.0 Å². The van der Waals surface area contributed by atoms with Crippen LogP contribution in [0.5, 0.6) is 5.88 Å². The van der Waals surface area contributed by atoms with Gasteiger partial charge in [-0.2, -0.15) is 0 Å². The minimum Gasteiger partial charge on any atom is -0.388 e. The molecule has 1 aromatic heterocycles. The molecule has 0 saturated heterocycles. The summed E-state index contributed by atoms with van der Waals surface area (Å²) in [4.78, 5) is 3.18. The zero-order valence-corrected chi connectivity index (χ0v) is 9.37. The van der Waals surface area contributed by atoms with Crippen LogP contribution in [0.4, 0.5) is 22.0 Å². The van der Waals surface area contributed by atoms with Gasteiger partial charge in [-0.3, -0.25) is 0 Å². The summed E-state index contributed by atoms with van der Waals surface area (Å²) in [5.41, 5.74) is -0.961. The second-order valence-electron chi connectivity index (χ2n) is 2.80. The van der Waals surface area contributed by atoms with Crippen molar-refractivity contribution >= 4 is 23.2 Å². The van der Waals surface area contributed by atoms with Crippen LogP contribution < -0.4 is 4.74 Å². The van der Waals surface area contributed by atoms with Gasteiger partial charge < -0.3 is 4.74 Å². The van der Waals surface area contributed by atoms with Crippen molar-refractivity contribution in [1.29, 1.82) is 0 Å². The molecule has 0 amide bonds. The van der Waals surface area contributed by atoms with Gasteiger partial charge in [-0.15, -0.1) is 24.8 Å². The van der Waals surface area contributed by atoms with E-state index in [1.165, 1.54) is 0 Å². The predicted molar refractivity (Wildman–Crippen MR) is 50.4 cm³/mol. The fourth-order valence-corrected chi connectivity index (χ4v) is 1.64. The summed E-state index contributed by atoms with van der Waals surface area (Å²) >= 11 is 10.8. The zero-order chi connectivity index (χ0) is 13.2. The van der Waals surface area contributed by atoms with Crippen LogP contribution in [0.15, 0.2) is 6.07 Å². The van der Waals surface area contributed by atoms with Crippen LogP contribution in [-0.2, 0) is 5.88 Å². The summed E-state index contributed by atoms with van der Waals surface area (Å²) in [6.45, 7) is 0. The summed E-state index contributed by atoms with van der Waals surface area (Å²) < 4.78 is 64.1. The maximum atomic E-state index is 12.5. The van der Waals surface area contributed by atoms with Crippen LogP contribution in [0.25, 0.3) is 0 Å². The van der Waals surface area contributed by atoms with Crippen LogP contribution in [-0.4, -0.2) is 11.3 Å². The van der Waals surface area contributed by atoms with Crippen molar-refractivity contribution < 1.29 is 26.7 Å². The van der Waals surface area contributed by atoms with Gasteiger partial charge in [0.25, 0.3) is 6.43 Å². The van der Waals surface area contributed by atoms with Crippen molar-refractivity contribution in [3.05, 3.63) is 22.3 Å². The van der Waals surface area contributed by atoms with E-state index < -0.39 is 35.3 Å². The Hall–Kier alpha value is -0.820. The molecule has 0 bridgehead atoms. The van der Waals surface area contributed by atoms with Crippen molar-refractivity contribution in [1.82, 2.24) is 4.98 Å². The Labute approximate surface area is 102 Å². The number of nitrogens with zero attached hydrogens (tertiary/aromatic N) is 1. The number of alkyl halides is 6. The summed E-state index contributed by atoms with van der Waals surface area (Å²) in [6.07, 6.45) is -8.06. The predicted octanol–water partition coefficient (Wildman–Crippen LogP) is 4.31. The molecule has 1 aromatic rings. The van der Waals surface area contributed by atoms with Crippen molar-refractivity contribution in [2.24, 2.45) is 0 Å². The second-order valence-corrected chi connectivity index (χ2v) is 3.43. The first-order valence-electron chi connectivity index (χ1n) is 4.03. The molecule has 0 aromatic carbocycles. The van der Waals surface area contributed by atoms with E-state index in [4.69, 9.17) is 23.2 Å². The van der Waals surface area contributed by atoms with Gasteiger partial charge in [-0.25, -0.2) is 13.8 Å². The van der Waals surface area contributed by atoms with Crippen molar-refractivity contribution in [3.8, 4) is 5.88 Å². The number of hydrogen-bond acceptors (Lipinski definition) is 2. The minimum absolute atomic E-state index is 0.224. The molecule has 2 nitrogen and oxygen atoms in total. The summed E-state index contributed by atoms with van der Waals surface area (Å²) in [6, 6.07) is 0.460. The number of hydrogen-bond donors (Lipinski definition) is 0. The van der Waals surface area contributed by atoms with Crippen LogP contribution in [0.3, 0.4) is 0 Å². The number of halogens is 7. The smallest absolute Gasteiger partial charge is 0.388 e. The normalized spacial score (nSPS) is 12.0. The molecular formula is C8H4Cl2F5NO. The molecule has 0 radical (unpaired) electrons. The molecule has 0 atom stereocenters. The maximum absolute atomic E-state index is 12.5. The quantitative estimate of drug-likeness (QED) is 0.471. The van der Waals surface area contributed by atoms with Crippen molar-refractivity contribution in [2.75, 3.05) is 0 Å². The fraction of sp³-hybridized carbons (Fsp3) is 0.375. The largest absolute Gasteiger partial charge is 0.574 e. The summed E-state index contributed by atoms with van der Waals surface area (Å²) in [7, 11) is 0. The summed E-state index contributed by atoms with van der Waals surface area (Å²) in [5, 5.41) is -0.544. The average molecular weight is 296 g/mol. The molecule has 0 saturated carbocycles. The van der Waals surface area contributed by atoms with Gasteiger partial charge in [0.2, 0.25) is 5.88 Å². The standard InChI is InChI=1S/C8H4Cl2F5NO/c9-2-4-3(7(11)12)1-5(16-6(4)10)17-8(13,14)15/h1,7H,2H2. The van der Waals surface area contributed by atoms with Gasteiger partial charge in [0.05, 0.1) is 5.88 Å². The lowest BCUT2D eigenvalue weighted by molar-refractivity contribution is -0.276. The molecule has 0 unspecified atom stereocenters. The topological polar surface area (TPSA) is 22.1 Å². The third kappa shape index (κ3) is 3.85. The molecule has 0 N–H and O–H groups in total. The second kappa shape index (κ2) is 5.22. The van der Waals surface area contributed by atoms with Crippen molar-refractivity contribution in [2.45, 2.75) is 18.7 Å². The van der Waals surface area contributed by atoms with E-state index in [2.05, 4.69) is 9.72 Å². The van der Waals surface area contributed by atoms with Crippen LogP contribution in [0.1, 0.15) is 17.6 Å². The molecule has 0 aliphatic heterocycles. The Bertz CT molecular complexity index is 410. The highest BCUT2D eigenvalue weighted by Gasteiger charge is 2.33. The Morgan fingerprint density at radius 3 is 2.35 bits per heavy atom. The van der Waals surface area contributed by atoms with Gasteiger partial charge in [0.15, 0.2) is 0 Å². The van der Waals surface area contributed by atoms with Gasteiger partial charge in [-0.05, 0) is 0 Å². The number of pyridine rings is 1. The monoisotopic (exact) mass is 295 g/mol. The van der Waals surface area contributed by atoms with Gasteiger partial charge in [-0.1, -0.05) is 11.6 Å². The SMILES string of the molecule is FC(F)c1cc(OC(F)(F)F)nc(Cl)c1CCl. The number of rotatable bonds is 3.